The van der Waals surface area contributed by atoms with E-state index in [0.29, 0.717) is 0 Å². The van der Waals surface area contributed by atoms with E-state index in [1.807, 2.05) is 12.3 Å². The molecule has 0 saturated carbocycles. The van der Waals surface area contributed by atoms with Crippen molar-refractivity contribution >= 4 is 5.69 Å². The molecule has 1 aromatic rings. The molecule has 20 heavy (non-hydrogen) atoms. The van der Waals surface area contributed by atoms with E-state index in [0.717, 1.165) is 37.3 Å². The molecular weight excluding hydrogens is 248 g/mol. The second-order valence-electron chi connectivity index (χ2n) is 5.72. The van der Waals surface area contributed by atoms with E-state index in [4.69, 9.17) is 5.73 Å². The first kappa shape index (κ1) is 16.9. The minimum Gasteiger partial charge on any atom is -0.398 e. The lowest BCUT2D eigenvalue weighted by Crippen LogP contribution is -2.52. The van der Waals surface area contributed by atoms with Crippen molar-refractivity contribution in [1.82, 2.24) is 15.2 Å². The number of hydrogen-bond acceptors (Lipinski definition) is 4. The number of nitrogens with zero attached hydrogens (tertiary/aromatic N) is 2. The van der Waals surface area contributed by atoms with Crippen LogP contribution in [0, 0.1) is 0 Å². The lowest BCUT2D eigenvalue weighted by atomic mass is 9.86. The van der Waals surface area contributed by atoms with Crippen molar-refractivity contribution in [3.05, 3.63) is 24.0 Å². The quantitative estimate of drug-likeness (QED) is 0.768. The highest BCUT2D eigenvalue weighted by Crippen LogP contribution is 2.33. The number of nitrogens with two attached hydrogens (primary N) is 1. The van der Waals surface area contributed by atoms with Crippen molar-refractivity contribution < 1.29 is 0 Å². The number of nitrogens with one attached hydrogen (secondary N) is 1. The highest BCUT2D eigenvalue weighted by atomic mass is 15.2. The normalized spacial score (nSPS) is 13.7. The molecule has 0 aromatic carbocycles. The first-order chi connectivity index (χ1) is 9.48. The Morgan fingerprint density at radius 2 is 1.95 bits per heavy atom. The molecule has 3 N–H and O–H groups in total. The summed E-state index contributed by atoms with van der Waals surface area (Å²) >= 11 is 0. The number of likely N-dealkylation sites (N-methyl/N-ethyl adjacent to an activating group) is 1. The minimum atomic E-state index is -0.0180. The Labute approximate surface area is 123 Å². The van der Waals surface area contributed by atoms with Crippen molar-refractivity contribution in [2.45, 2.75) is 52.6 Å². The molecule has 114 valence electrons. The molecule has 0 amide bonds. The van der Waals surface area contributed by atoms with Gasteiger partial charge in [0, 0.05) is 29.2 Å². The number of pyridine rings is 1. The number of hydrogen-bond donors (Lipinski definition) is 2. The fraction of sp³-hybridized carbons (Fsp3) is 0.688. The summed E-state index contributed by atoms with van der Waals surface area (Å²) in [6.07, 6.45) is 4.75. The van der Waals surface area contributed by atoms with E-state index >= 15 is 0 Å². The van der Waals surface area contributed by atoms with Crippen molar-refractivity contribution in [3.8, 4) is 0 Å². The number of anilines is 1. The van der Waals surface area contributed by atoms with E-state index < -0.39 is 0 Å². The van der Waals surface area contributed by atoms with Crippen LogP contribution < -0.4 is 11.1 Å². The van der Waals surface area contributed by atoms with Gasteiger partial charge in [-0.05, 0) is 46.0 Å². The van der Waals surface area contributed by atoms with Gasteiger partial charge in [0.2, 0.25) is 0 Å². The number of aromatic nitrogens is 1. The molecule has 0 saturated heterocycles. The van der Waals surface area contributed by atoms with Gasteiger partial charge >= 0.3 is 0 Å². The third-order valence-corrected chi connectivity index (χ3v) is 4.08. The zero-order valence-electron chi connectivity index (χ0n) is 13.6. The van der Waals surface area contributed by atoms with Gasteiger partial charge in [-0.25, -0.2) is 0 Å². The summed E-state index contributed by atoms with van der Waals surface area (Å²) in [7, 11) is 0. The van der Waals surface area contributed by atoms with E-state index in [2.05, 4.69) is 49.8 Å². The Hall–Kier alpha value is -1.13. The van der Waals surface area contributed by atoms with E-state index in [1.165, 1.54) is 0 Å². The summed E-state index contributed by atoms with van der Waals surface area (Å²) < 4.78 is 0. The third-order valence-electron chi connectivity index (χ3n) is 4.08. The molecule has 0 radical (unpaired) electrons. The second-order valence-corrected chi connectivity index (χ2v) is 5.72. The summed E-state index contributed by atoms with van der Waals surface area (Å²) in [6.45, 7) is 14.2. The van der Waals surface area contributed by atoms with E-state index in [1.54, 1.807) is 6.20 Å². The third kappa shape index (κ3) is 3.70. The van der Waals surface area contributed by atoms with Crippen LogP contribution in [-0.2, 0) is 0 Å². The molecular formula is C16H30N4. The lowest BCUT2D eigenvalue weighted by molar-refractivity contribution is 0.0913. The molecule has 0 aliphatic heterocycles. The molecule has 1 rings (SSSR count). The van der Waals surface area contributed by atoms with Crippen LogP contribution in [0.5, 0.6) is 0 Å². The molecule has 0 aliphatic carbocycles. The molecule has 0 bridgehead atoms. The molecule has 4 nitrogen and oxygen atoms in total. The zero-order valence-corrected chi connectivity index (χ0v) is 13.6. The van der Waals surface area contributed by atoms with Crippen LogP contribution in [0.25, 0.3) is 0 Å². The predicted molar refractivity (Wildman–Crippen MR) is 86.7 cm³/mol. The maximum atomic E-state index is 6.17. The van der Waals surface area contributed by atoms with Gasteiger partial charge in [-0.2, -0.15) is 0 Å². The average Bonchev–Trinajstić information content (AvgIpc) is 2.42. The summed E-state index contributed by atoms with van der Waals surface area (Å²) in [6, 6.07) is 2.06. The standard InChI is InChI=1S/C16H30N4/c1-6-10-19-15(13-12-18-11-9-14(13)17)16(4,5)20(7-2)8-3/h9,11-12,15,19H,6-8,10H2,1-5H3,(H2,17,18). The van der Waals surface area contributed by atoms with Gasteiger partial charge in [-0.1, -0.05) is 20.8 Å². The van der Waals surface area contributed by atoms with Gasteiger partial charge in [0.25, 0.3) is 0 Å². The van der Waals surface area contributed by atoms with Crippen molar-refractivity contribution in [1.29, 1.82) is 0 Å². The Balaban J connectivity index is 3.14. The van der Waals surface area contributed by atoms with Crippen LogP contribution in [0.1, 0.15) is 52.6 Å². The first-order valence-electron chi connectivity index (χ1n) is 7.66. The second kappa shape index (κ2) is 7.60. The van der Waals surface area contributed by atoms with Gasteiger partial charge in [0.15, 0.2) is 0 Å². The molecule has 0 fully saturated rings. The van der Waals surface area contributed by atoms with Gasteiger partial charge in [-0.3, -0.25) is 9.88 Å². The fourth-order valence-electron chi connectivity index (χ4n) is 2.91. The number of rotatable bonds is 8. The monoisotopic (exact) mass is 278 g/mol. The Kier molecular flexibility index (Phi) is 6.43. The highest BCUT2D eigenvalue weighted by molar-refractivity contribution is 5.47. The molecule has 1 heterocycles. The Morgan fingerprint density at radius 1 is 1.30 bits per heavy atom. The van der Waals surface area contributed by atoms with Crippen LogP contribution in [0.4, 0.5) is 5.69 Å². The van der Waals surface area contributed by atoms with E-state index in [-0.39, 0.29) is 11.6 Å². The van der Waals surface area contributed by atoms with Crippen LogP contribution in [0.2, 0.25) is 0 Å². The van der Waals surface area contributed by atoms with Crippen LogP contribution in [0.3, 0.4) is 0 Å². The topological polar surface area (TPSA) is 54.2 Å². The van der Waals surface area contributed by atoms with Gasteiger partial charge < -0.3 is 11.1 Å². The molecule has 0 spiro atoms. The van der Waals surface area contributed by atoms with Crippen molar-refractivity contribution in [2.75, 3.05) is 25.4 Å². The van der Waals surface area contributed by atoms with Crippen LogP contribution >= 0.6 is 0 Å². The SMILES string of the molecule is CCCNC(c1cnccc1N)C(C)(C)N(CC)CC. The first-order valence-corrected chi connectivity index (χ1v) is 7.66. The van der Waals surface area contributed by atoms with Gasteiger partial charge in [0.1, 0.15) is 0 Å². The smallest absolute Gasteiger partial charge is 0.0537 e. The molecule has 1 atom stereocenters. The minimum absolute atomic E-state index is 0.0180. The Bertz CT molecular complexity index is 399. The average molecular weight is 278 g/mol. The van der Waals surface area contributed by atoms with Crippen LogP contribution in [0.15, 0.2) is 18.5 Å². The zero-order chi connectivity index (χ0) is 15.2. The lowest BCUT2D eigenvalue weighted by Gasteiger charge is -2.44. The summed E-state index contributed by atoms with van der Waals surface area (Å²) in [5, 5.41) is 3.65. The van der Waals surface area contributed by atoms with Gasteiger partial charge in [0.05, 0.1) is 6.04 Å². The number of nitrogen functional groups attached to an aromatic ring is 1. The van der Waals surface area contributed by atoms with Crippen molar-refractivity contribution in [3.63, 3.8) is 0 Å². The predicted octanol–water partition coefficient (Wildman–Crippen LogP) is 2.82. The largest absolute Gasteiger partial charge is 0.398 e. The fourth-order valence-corrected chi connectivity index (χ4v) is 2.91. The molecule has 1 aromatic heterocycles. The molecule has 0 aliphatic rings. The van der Waals surface area contributed by atoms with Gasteiger partial charge in [-0.15, -0.1) is 0 Å². The van der Waals surface area contributed by atoms with Crippen LogP contribution in [-0.4, -0.2) is 35.1 Å². The molecule has 4 heteroatoms. The molecule has 1 unspecified atom stereocenters. The van der Waals surface area contributed by atoms with E-state index in [9.17, 15) is 0 Å². The maximum absolute atomic E-state index is 6.17. The highest BCUT2D eigenvalue weighted by Gasteiger charge is 2.35. The maximum Gasteiger partial charge on any atom is 0.0537 e. The van der Waals surface area contributed by atoms with Crippen molar-refractivity contribution in [2.24, 2.45) is 0 Å². The Morgan fingerprint density at radius 3 is 2.45 bits per heavy atom. The summed E-state index contributed by atoms with van der Waals surface area (Å²) in [4.78, 5) is 6.73. The summed E-state index contributed by atoms with van der Waals surface area (Å²) in [5.41, 5.74) is 8.07. The summed E-state index contributed by atoms with van der Waals surface area (Å²) in [5.74, 6) is 0.